The lowest BCUT2D eigenvalue weighted by atomic mass is 10.0. The average Bonchev–Trinajstić information content (AvgIpc) is 3.75. The number of rotatable bonds is 22. The lowest BCUT2D eigenvalue weighted by Crippen LogP contribution is -2.33. The van der Waals surface area contributed by atoms with Gasteiger partial charge in [-0.1, -0.05) is 90.4 Å². The predicted molar refractivity (Wildman–Crippen MR) is 173 cm³/mol. The molecule has 0 aromatic heterocycles. The number of esters is 1. The zero-order chi connectivity index (χ0) is 30.7. The summed E-state index contributed by atoms with van der Waals surface area (Å²) in [6.07, 6.45) is 25.8. The van der Waals surface area contributed by atoms with E-state index in [9.17, 15) is 15.0 Å². The molecule has 0 radical (unpaired) electrons. The third-order valence-corrected chi connectivity index (χ3v) is 9.47. The number of unbranched alkanes of at least 4 members (excludes halogenated alkanes) is 14. The Balaban J connectivity index is 1.15. The van der Waals surface area contributed by atoms with Crippen molar-refractivity contribution in [3.63, 3.8) is 0 Å². The minimum Gasteiger partial charge on any atom is -0.455 e. The third-order valence-electron chi connectivity index (χ3n) is 9.47. The van der Waals surface area contributed by atoms with Crippen LogP contribution in [-0.4, -0.2) is 58.9 Å². The first-order valence-electron chi connectivity index (χ1n) is 18.0. The van der Waals surface area contributed by atoms with Crippen molar-refractivity contribution in [1.29, 1.82) is 0 Å². The highest BCUT2D eigenvalue weighted by atomic mass is 16.6. The van der Waals surface area contributed by atoms with Crippen molar-refractivity contribution in [3.8, 4) is 11.8 Å². The number of carbonyl (C=O) groups is 1. The van der Waals surface area contributed by atoms with Crippen molar-refractivity contribution in [2.24, 2.45) is 0 Å². The molecule has 0 aromatic rings. The van der Waals surface area contributed by atoms with Crippen LogP contribution in [0.25, 0.3) is 0 Å². The van der Waals surface area contributed by atoms with Gasteiger partial charge in [0.05, 0.1) is 36.6 Å². The Kier molecular flexibility index (Phi) is 17.9. The van der Waals surface area contributed by atoms with Gasteiger partial charge in [0.2, 0.25) is 0 Å². The fraction of sp³-hybridized carbons (Fsp3) is 0.865. The minimum atomic E-state index is -0.549. The molecule has 0 spiro atoms. The summed E-state index contributed by atoms with van der Waals surface area (Å²) in [6.45, 7) is 4.16. The van der Waals surface area contributed by atoms with Crippen LogP contribution in [0.3, 0.4) is 0 Å². The van der Waals surface area contributed by atoms with Crippen molar-refractivity contribution in [2.45, 2.75) is 204 Å². The number of hydrogen-bond acceptors (Lipinski definition) is 6. The van der Waals surface area contributed by atoms with E-state index in [-0.39, 0.29) is 42.6 Å². The van der Waals surface area contributed by atoms with Gasteiger partial charge in [-0.25, -0.2) is 4.79 Å². The molecule has 6 heteroatoms. The van der Waals surface area contributed by atoms with Crippen LogP contribution in [0.2, 0.25) is 0 Å². The van der Waals surface area contributed by atoms with Crippen molar-refractivity contribution < 1.29 is 29.2 Å². The minimum absolute atomic E-state index is 0.0212. The summed E-state index contributed by atoms with van der Waals surface area (Å²) in [5.74, 6) is 6.29. The van der Waals surface area contributed by atoms with Crippen molar-refractivity contribution in [2.75, 3.05) is 0 Å². The number of hydrogen-bond donors (Lipinski definition) is 2. The van der Waals surface area contributed by atoms with Gasteiger partial charge < -0.3 is 24.4 Å². The molecular formula is C37H62O6. The van der Waals surface area contributed by atoms with E-state index < -0.39 is 6.10 Å². The standard InChI is InChI=1S/C37H62O6/c1-3-4-5-6-7-13-16-19-22-31(38)33-24-26-35(42-33)36-27-25-34(43-36)32(39)23-20-17-14-11-9-8-10-12-15-18-21-30-28-29(2)41-37(30)40/h28-29,31-36,38-39H,3-16,18-19,21-27H2,1-2H3/t29-,31+,32+,33+,34+,35+,36+/m0/s1. The fourth-order valence-corrected chi connectivity index (χ4v) is 6.79. The quantitative estimate of drug-likeness (QED) is 0.0740. The van der Waals surface area contributed by atoms with Gasteiger partial charge >= 0.3 is 5.97 Å². The van der Waals surface area contributed by atoms with E-state index in [0.29, 0.717) is 6.42 Å². The molecule has 246 valence electrons. The highest BCUT2D eigenvalue weighted by Crippen LogP contribution is 2.34. The highest BCUT2D eigenvalue weighted by molar-refractivity contribution is 5.90. The molecule has 7 atom stereocenters. The molecule has 0 saturated carbocycles. The maximum Gasteiger partial charge on any atom is 0.334 e. The van der Waals surface area contributed by atoms with Gasteiger partial charge in [-0.2, -0.15) is 0 Å². The number of aliphatic hydroxyl groups excluding tert-OH is 2. The Morgan fingerprint density at radius 3 is 1.91 bits per heavy atom. The number of cyclic esters (lactones) is 1. The molecule has 3 aliphatic rings. The Morgan fingerprint density at radius 2 is 1.30 bits per heavy atom. The smallest absolute Gasteiger partial charge is 0.334 e. The molecule has 0 amide bonds. The summed E-state index contributed by atoms with van der Waals surface area (Å²) >= 11 is 0. The molecule has 2 saturated heterocycles. The van der Waals surface area contributed by atoms with Crippen LogP contribution in [0, 0.1) is 11.8 Å². The van der Waals surface area contributed by atoms with E-state index in [0.717, 1.165) is 76.2 Å². The molecule has 3 heterocycles. The Hall–Kier alpha value is -1.39. The van der Waals surface area contributed by atoms with Gasteiger partial charge in [0, 0.05) is 18.4 Å². The first kappa shape index (κ1) is 36.1. The molecule has 3 aliphatic heterocycles. The zero-order valence-electron chi connectivity index (χ0n) is 27.4. The van der Waals surface area contributed by atoms with Gasteiger partial charge in [-0.3, -0.25) is 0 Å². The summed E-state index contributed by atoms with van der Waals surface area (Å²) in [7, 11) is 0. The van der Waals surface area contributed by atoms with Crippen LogP contribution >= 0.6 is 0 Å². The topological polar surface area (TPSA) is 85.2 Å². The summed E-state index contributed by atoms with van der Waals surface area (Å²) in [6, 6.07) is 0. The highest BCUT2D eigenvalue weighted by Gasteiger charge is 2.40. The van der Waals surface area contributed by atoms with E-state index in [4.69, 9.17) is 14.2 Å². The lowest BCUT2D eigenvalue weighted by molar-refractivity contribution is -0.139. The molecule has 6 nitrogen and oxygen atoms in total. The molecular weight excluding hydrogens is 540 g/mol. The van der Waals surface area contributed by atoms with E-state index in [2.05, 4.69) is 18.8 Å². The van der Waals surface area contributed by atoms with Gasteiger partial charge in [0.25, 0.3) is 0 Å². The number of carbonyl (C=O) groups excluding carboxylic acids is 1. The normalized spacial score (nSPS) is 26.7. The molecule has 3 rings (SSSR count). The largest absolute Gasteiger partial charge is 0.455 e. The van der Waals surface area contributed by atoms with E-state index >= 15 is 0 Å². The number of ether oxygens (including phenoxy) is 3. The van der Waals surface area contributed by atoms with Crippen molar-refractivity contribution >= 4 is 5.97 Å². The van der Waals surface area contributed by atoms with E-state index in [1.807, 2.05) is 13.0 Å². The van der Waals surface area contributed by atoms with E-state index in [1.54, 1.807) is 0 Å². The first-order chi connectivity index (χ1) is 21.0. The lowest BCUT2D eigenvalue weighted by Gasteiger charge is -2.23. The van der Waals surface area contributed by atoms with Crippen LogP contribution in [0.4, 0.5) is 0 Å². The number of aliphatic hydroxyl groups is 2. The summed E-state index contributed by atoms with van der Waals surface area (Å²) in [4.78, 5) is 11.6. The van der Waals surface area contributed by atoms with Crippen LogP contribution in [0.1, 0.15) is 162 Å². The molecule has 43 heavy (non-hydrogen) atoms. The summed E-state index contributed by atoms with van der Waals surface area (Å²) in [5.41, 5.74) is 0.854. The Bertz CT molecular complexity index is 859. The summed E-state index contributed by atoms with van der Waals surface area (Å²) in [5, 5.41) is 21.3. The third kappa shape index (κ3) is 14.1. The van der Waals surface area contributed by atoms with Crippen LogP contribution in [-0.2, 0) is 19.0 Å². The van der Waals surface area contributed by atoms with Crippen LogP contribution in [0.15, 0.2) is 11.6 Å². The predicted octanol–water partition coefficient (Wildman–Crippen LogP) is 8.11. The molecule has 2 fully saturated rings. The molecule has 0 unspecified atom stereocenters. The van der Waals surface area contributed by atoms with Gasteiger partial charge in [-0.05, 0) is 64.4 Å². The molecule has 0 bridgehead atoms. The fourth-order valence-electron chi connectivity index (χ4n) is 6.79. The molecule has 0 aliphatic carbocycles. The van der Waals surface area contributed by atoms with Crippen LogP contribution < -0.4 is 0 Å². The average molecular weight is 603 g/mol. The van der Waals surface area contributed by atoms with Gasteiger partial charge in [0.15, 0.2) is 0 Å². The second kappa shape index (κ2) is 21.4. The van der Waals surface area contributed by atoms with Gasteiger partial charge in [-0.15, -0.1) is 11.8 Å². The first-order valence-corrected chi connectivity index (χ1v) is 18.0. The van der Waals surface area contributed by atoms with Crippen molar-refractivity contribution in [3.05, 3.63) is 11.6 Å². The second-order valence-electron chi connectivity index (χ2n) is 13.3. The monoisotopic (exact) mass is 602 g/mol. The molecule has 0 aromatic carbocycles. The summed E-state index contributed by atoms with van der Waals surface area (Å²) < 4.78 is 17.6. The maximum absolute atomic E-state index is 11.6. The SMILES string of the molecule is CCCCCCCCCC[C@@H](O)[C@H]1CC[C@H]([C@H]2CC[C@H]([C@H](O)CC#CCCCCCCCCCC3=C[C@H](C)OC3=O)O2)O1. The van der Waals surface area contributed by atoms with Crippen LogP contribution in [0.5, 0.6) is 0 Å². The Labute approximate surface area is 262 Å². The van der Waals surface area contributed by atoms with E-state index in [1.165, 1.54) is 70.6 Å². The molecule has 2 N–H and O–H groups in total. The van der Waals surface area contributed by atoms with Gasteiger partial charge in [0.1, 0.15) is 6.10 Å². The van der Waals surface area contributed by atoms with Crippen molar-refractivity contribution in [1.82, 2.24) is 0 Å². The zero-order valence-corrected chi connectivity index (χ0v) is 27.4. The Morgan fingerprint density at radius 1 is 0.744 bits per heavy atom. The second-order valence-corrected chi connectivity index (χ2v) is 13.3. The maximum atomic E-state index is 11.6.